The molecule has 0 amide bonds. The minimum Gasteiger partial charge on any atom is -0.496 e. The Hall–Kier alpha value is -2.99. The smallest absolute Gasteiger partial charge is 0.266 e. The van der Waals surface area contributed by atoms with Crippen LogP contribution in [0.5, 0.6) is 11.5 Å². The zero-order chi connectivity index (χ0) is 23.2. The number of methoxy groups -OCH3 is 2. The number of halogens is 2. The zero-order valence-corrected chi connectivity index (χ0v) is 20.6. The van der Waals surface area contributed by atoms with Crippen molar-refractivity contribution >= 4 is 50.8 Å². The molecule has 2 aromatic heterocycles. The third-order valence-electron chi connectivity index (χ3n) is 5.34. The second-order valence-corrected chi connectivity index (χ2v) is 9.59. The molecule has 0 saturated heterocycles. The number of hydrogen-bond acceptors (Lipinski definition) is 8. The Morgan fingerprint density at radius 1 is 1.18 bits per heavy atom. The quantitative estimate of drug-likeness (QED) is 0.375. The van der Waals surface area contributed by atoms with Gasteiger partial charge in [0.15, 0.2) is 11.4 Å². The molecule has 0 bridgehead atoms. The van der Waals surface area contributed by atoms with Crippen LogP contribution in [0.15, 0.2) is 45.9 Å². The molecule has 2 aromatic carbocycles. The highest BCUT2D eigenvalue weighted by Crippen LogP contribution is 2.36. The van der Waals surface area contributed by atoms with Crippen molar-refractivity contribution in [3.8, 4) is 11.5 Å². The maximum absolute atomic E-state index is 13.1. The van der Waals surface area contributed by atoms with E-state index >= 15 is 0 Å². The SMILES string of the molecule is COc1ccc(Cl)cc1S(=O)(=O)Nc1noc2cc(Cn3cc4c(n3)CNC4)cc(OC)c12.Cl. The number of hydrogen-bond donors (Lipinski definition) is 2. The van der Waals surface area contributed by atoms with E-state index < -0.39 is 10.0 Å². The summed E-state index contributed by atoms with van der Waals surface area (Å²) in [6.45, 7) is 2.06. The molecule has 1 aliphatic heterocycles. The van der Waals surface area contributed by atoms with Gasteiger partial charge in [0.1, 0.15) is 21.8 Å². The molecule has 0 spiro atoms. The Kier molecular flexibility index (Phi) is 6.63. The summed E-state index contributed by atoms with van der Waals surface area (Å²) >= 11 is 6.00. The summed E-state index contributed by atoms with van der Waals surface area (Å²) < 4.78 is 46.6. The van der Waals surface area contributed by atoms with Crippen LogP contribution in [0, 0.1) is 0 Å². The van der Waals surface area contributed by atoms with Crippen LogP contribution < -0.4 is 19.5 Å². The zero-order valence-electron chi connectivity index (χ0n) is 18.2. The Balaban J connectivity index is 0.00000274. The van der Waals surface area contributed by atoms with Gasteiger partial charge in [-0.3, -0.25) is 9.40 Å². The first kappa shape index (κ1) is 24.1. The fraction of sp³-hybridized carbons (Fsp3) is 0.238. The molecule has 0 radical (unpaired) electrons. The summed E-state index contributed by atoms with van der Waals surface area (Å²) in [7, 11) is -1.20. The molecule has 4 aromatic rings. The molecule has 3 heterocycles. The first-order chi connectivity index (χ1) is 15.9. The summed E-state index contributed by atoms with van der Waals surface area (Å²) in [5, 5.41) is 12.4. The van der Waals surface area contributed by atoms with E-state index in [4.69, 9.17) is 25.6 Å². The molecule has 13 heteroatoms. The summed E-state index contributed by atoms with van der Waals surface area (Å²) in [5.74, 6) is 0.565. The van der Waals surface area contributed by atoms with Crippen LogP contribution in [0.1, 0.15) is 16.8 Å². The first-order valence-corrected chi connectivity index (χ1v) is 11.8. The first-order valence-electron chi connectivity index (χ1n) is 9.96. The van der Waals surface area contributed by atoms with E-state index in [0.29, 0.717) is 23.3 Å². The van der Waals surface area contributed by atoms with Crippen molar-refractivity contribution in [3.05, 3.63) is 58.4 Å². The van der Waals surface area contributed by atoms with E-state index in [0.717, 1.165) is 24.3 Å². The van der Waals surface area contributed by atoms with Crippen LogP contribution in [0.25, 0.3) is 11.0 Å². The summed E-state index contributed by atoms with van der Waals surface area (Å²) in [6, 6.07) is 7.92. The molecule has 0 fully saturated rings. The Labute approximate surface area is 206 Å². The molecule has 34 heavy (non-hydrogen) atoms. The highest BCUT2D eigenvalue weighted by atomic mass is 35.5. The lowest BCUT2D eigenvalue weighted by Crippen LogP contribution is -2.14. The van der Waals surface area contributed by atoms with Gasteiger partial charge in [0.25, 0.3) is 10.0 Å². The van der Waals surface area contributed by atoms with Crippen molar-refractivity contribution in [2.45, 2.75) is 24.5 Å². The fourth-order valence-corrected chi connectivity index (χ4v) is 5.28. The highest BCUT2D eigenvalue weighted by Gasteiger charge is 2.25. The molecule has 1 aliphatic rings. The fourth-order valence-electron chi connectivity index (χ4n) is 3.84. The van der Waals surface area contributed by atoms with Crippen molar-refractivity contribution < 1.29 is 22.4 Å². The van der Waals surface area contributed by atoms with Crippen LogP contribution in [0.3, 0.4) is 0 Å². The largest absolute Gasteiger partial charge is 0.496 e. The lowest BCUT2D eigenvalue weighted by atomic mass is 10.1. The van der Waals surface area contributed by atoms with E-state index in [-0.39, 0.29) is 33.9 Å². The van der Waals surface area contributed by atoms with Crippen LogP contribution in [-0.2, 0) is 29.7 Å². The number of aromatic nitrogens is 3. The maximum Gasteiger partial charge on any atom is 0.266 e. The number of rotatable bonds is 7. The van der Waals surface area contributed by atoms with Gasteiger partial charge in [0.2, 0.25) is 0 Å². The minimum atomic E-state index is -4.08. The summed E-state index contributed by atoms with van der Waals surface area (Å²) in [4.78, 5) is -0.120. The number of nitrogens with zero attached hydrogens (tertiary/aromatic N) is 3. The van der Waals surface area contributed by atoms with Crippen LogP contribution in [-0.4, -0.2) is 37.6 Å². The second kappa shape index (κ2) is 9.34. The molecule has 180 valence electrons. The number of benzene rings is 2. The number of anilines is 1. The minimum absolute atomic E-state index is 0. The average molecular weight is 526 g/mol. The standard InChI is InChI=1S/C21H20ClN5O5S.ClH/c1-30-16-4-3-14(22)7-19(16)33(28,29)26-21-20-17(31-2)5-12(6-18(20)32-25-21)10-27-11-13-8-23-9-15(13)24-27;/h3-7,11,23H,8-10H2,1-2H3,(H,25,26);1H. The molecule has 10 nitrogen and oxygen atoms in total. The number of nitrogens with one attached hydrogen (secondary N) is 2. The van der Waals surface area contributed by atoms with E-state index in [1.165, 1.54) is 31.9 Å². The van der Waals surface area contributed by atoms with Gasteiger partial charge in [-0.15, -0.1) is 12.4 Å². The van der Waals surface area contributed by atoms with Gasteiger partial charge in [-0.2, -0.15) is 5.10 Å². The molecule has 2 N–H and O–H groups in total. The monoisotopic (exact) mass is 525 g/mol. The Morgan fingerprint density at radius 2 is 1.97 bits per heavy atom. The van der Waals surface area contributed by atoms with E-state index in [2.05, 4.69) is 20.3 Å². The van der Waals surface area contributed by atoms with Gasteiger partial charge >= 0.3 is 0 Å². The normalized spacial score (nSPS) is 12.9. The average Bonchev–Trinajstić information content (AvgIpc) is 3.48. The molecule has 0 atom stereocenters. The predicted octanol–water partition coefficient (Wildman–Crippen LogP) is 3.57. The van der Waals surface area contributed by atoms with Gasteiger partial charge in [0.05, 0.1) is 26.5 Å². The van der Waals surface area contributed by atoms with Crippen LogP contribution in [0.2, 0.25) is 5.02 Å². The van der Waals surface area contributed by atoms with Crippen LogP contribution in [0.4, 0.5) is 5.82 Å². The van der Waals surface area contributed by atoms with Gasteiger partial charge < -0.3 is 19.3 Å². The lowest BCUT2D eigenvalue weighted by Gasteiger charge is -2.11. The second-order valence-electron chi connectivity index (χ2n) is 7.51. The van der Waals surface area contributed by atoms with E-state index in [1.807, 2.05) is 16.9 Å². The molecule has 0 aliphatic carbocycles. The topological polar surface area (TPSA) is 121 Å². The van der Waals surface area contributed by atoms with E-state index in [1.54, 1.807) is 12.1 Å². The van der Waals surface area contributed by atoms with E-state index in [9.17, 15) is 8.42 Å². The number of fused-ring (bicyclic) bond motifs is 2. The predicted molar refractivity (Wildman–Crippen MR) is 128 cm³/mol. The number of ether oxygens (including phenoxy) is 2. The molecule has 0 saturated carbocycles. The third kappa shape index (κ3) is 4.39. The molecule has 5 rings (SSSR count). The maximum atomic E-state index is 13.1. The Morgan fingerprint density at radius 3 is 2.71 bits per heavy atom. The third-order valence-corrected chi connectivity index (χ3v) is 6.94. The highest BCUT2D eigenvalue weighted by molar-refractivity contribution is 7.92. The summed E-state index contributed by atoms with van der Waals surface area (Å²) in [5.41, 5.74) is 3.46. The summed E-state index contributed by atoms with van der Waals surface area (Å²) in [6.07, 6.45) is 2.00. The molecule has 0 unspecified atom stereocenters. The van der Waals surface area contributed by atoms with Crippen LogP contribution >= 0.6 is 24.0 Å². The van der Waals surface area contributed by atoms with Gasteiger partial charge in [-0.05, 0) is 35.9 Å². The Bertz CT molecular complexity index is 1450. The van der Waals surface area contributed by atoms with Gasteiger partial charge in [-0.25, -0.2) is 8.42 Å². The van der Waals surface area contributed by atoms with Crippen molar-refractivity contribution in [1.29, 1.82) is 0 Å². The lowest BCUT2D eigenvalue weighted by molar-refractivity contribution is 0.403. The van der Waals surface area contributed by atoms with Crippen molar-refractivity contribution in [1.82, 2.24) is 20.3 Å². The molecular weight excluding hydrogens is 505 g/mol. The van der Waals surface area contributed by atoms with Gasteiger partial charge in [0, 0.05) is 29.9 Å². The molecular formula is C21H21Cl2N5O5S. The number of sulfonamides is 1. The van der Waals surface area contributed by atoms with Gasteiger partial charge in [-0.1, -0.05) is 16.8 Å². The van der Waals surface area contributed by atoms with Crippen molar-refractivity contribution in [2.75, 3.05) is 18.9 Å². The van der Waals surface area contributed by atoms with Crippen molar-refractivity contribution in [3.63, 3.8) is 0 Å². The van der Waals surface area contributed by atoms with Crippen molar-refractivity contribution in [2.24, 2.45) is 0 Å².